The maximum atomic E-state index is 11.0. The highest BCUT2D eigenvalue weighted by molar-refractivity contribution is 7.86. The second-order valence-corrected chi connectivity index (χ2v) is 16.5. The fraction of sp³-hybridized carbons (Fsp3) is 1.00. The standard InChI is InChI=1S/C40H82O4S/c1-3-4-5-6-7-8-9-10-11-12-13-14-15-16-17-18-19-20-21-22-23-24-25-26-27-28-29-30-31-32-33-34-35-36-37-40(41)38-39(2)45(42,43)44/h39-41H,3-38H2,1-2H3,(H,42,43,44). The molecule has 2 unspecified atom stereocenters. The van der Waals surface area contributed by atoms with E-state index in [2.05, 4.69) is 6.92 Å². The van der Waals surface area contributed by atoms with Crippen molar-refractivity contribution in [2.24, 2.45) is 0 Å². The second kappa shape index (κ2) is 35.2. The van der Waals surface area contributed by atoms with Crippen LogP contribution >= 0.6 is 0 Å². The Morgan fingerprint density at radius 1 is 0.400 bits per heavy atom. The zero-order valence-electron chi connectivity index (χ0n) is 30.7. The third kappa shape index (κ3) is 36.6. The van der Waals surface area contributed by atoms with Crippen LogP contribution in [0.3, 0.4) is 0 Å². The average molecular weight is 659 g/mol. The van der Waals surface area contributed by atoms with Gasteiger partial charge in [0, 0.05) is 0 Å². The zero-order chi connectivity index (χ0) is 33.1. The molecular formula is C40H82O4S. The Bertz CT molecular complexity index is 665. The van der Waals surface area contributed by atoms with Crippen molar-refractivity contribution in [2.45, 2.75) is 256 Å². The Morgan fingerprint density at radius 3 is 0.800 bits per heavy atom. The Balaban J connectivity index is 3.13. The van der Waals surface area contributed by atoms with E-state index in [0.717, 1.165) is 12.8 Å². The molecule has 2 N–H and O–H groups in total. The van der Waals surface area contributed by atoms with Crippen molar-refractivity contribution in [2.75, 3.05) is 0 Å². The number of hydrogen-bond acceptors (Lipinski definition) is 3. The minimum atomic E-state index is -4.03. The van der Waals surface area contributed by atoms with Crippen LogP contribution in [0.15, 0.2) is 0 Å². The molecule has 2 atom stereocenters. The summed E-state index contributed by atoms with van der Waals surface area (Å²) in [6, 6.07) is 0. The van der Waals surface area contributed by atoms with Gasteiger partial charge in [-0.3, -0.25) is 4.55 Å². The van der Waals surface area contributed by atoms with Crippen molar-refractivity contribution in [3.63, 3.8) is 0 Å². The molecule has 0 aliphatic carbocycles. The Labute approximate surface area is 283 Å². The predicted octanol–water partition coefficient (Wildman–Crippen LogP) is 13.7. The molecule has 0 aromatic carbocycles. The van der Waals surface area contributed by atoms with E-state index in [1.165, 1.54) is 212 Å². The molecule has 0 amide bonds. The first-order chi connectivity index (χ1) is 21.9. The Hall–Kier alpha value is -0.130. The topological polar surface area (TPSA) is 74.6 Å². The molecule has 0 bridgehead atoms. The van der Waals surface area contributed by atoms with Crippen molar-refractivity contribution >= 4 is 10.1 Å². The summed E-state index contributed by atoms with van der Waals surface area (Å²) in [5, 5.41) is 9.04. The number of aliphatic hydroxyl groups is 1. The van der Waals surface area contributed by atoms with E-state index in [1.807, 2.05) is 0 Å². The zero-order valence-corrected chi connectivity index (χ0v) is 31.5. The van der Waals surface area contributed by atoms with Crippen molar-refractivity contribution in [3.8, 4) is 0 Å². The van der Waals surface area contributed by atoms with Gasteiger partial charge in [0.25, 0.3) is 10.1 Å². The summed E-state index contributed by atoms with van der Waals surface area (Å²) in [6.07, 6.45) is 47.8. The summed E-state index contributed by atoms with van der Waals surface area (Å²) in [7, 11) is -4.03. The molecule has 0 fully saturated rings. The smallest absolute Gasteiger partial charge is 0.267 e. The van der Waals surface area contributed by atoms with Gasteiger partial charge in [-0.1, -0.05) is 225 Å². The van der Waals surface area contributed by atoms with Crippen LogP contribution < -0.4 is 0 Å². The van der Waals surface area contributed by atoms with Gasteiger partial charge < -0.3 is 5.11 Å². The molecule has 0 spiro atoms. The van der Waals surface area contributed by atoms with Crippen LogP contribution in [0.4, 0.5) is 0 Å². The number of unbranched alkanes of at least 4 members (excludes halogenated alkanes) is 33. The molecule has 45 heavy (non-hydrogen) atoms. The maximum absolute atomic E-state index is 11.0. The summed E-state index contributed by atoms with van der Waals surface area (Å²) in [4.78, 5) is 0. The first-order valence-corrected chi connectivity index (χ1v) is 22.0. The second-order valence-electron chi connectivity index (χ2n) is 14.7. The molecule has 0 aromatic heterocycles. The van der Waals surface area contributed by atoms with E-state index >= 15 is 0 Å². The fourth-order valence-corrected chi connectivity index (χ4v) is 7.20. The van der Waals surface area contributed by atoms with Gasteiger partial charge in [0.2, 0.25) is 0 Å². The van der Waals surface area contributed by atoms with Crippen LogP contribution in [-0.4, -0.2) is 29.4 Å². The Morgan fingerprint density at radius 2 is 0.600 bits per heavy atom. The van der Waals surface area contributed by atoms with Crippen LogP contribution in [-0.2, 0) is 10.1 Å². The van der Waals surface area contributed by atoms with Gasteiger partial charge >= 0.3 is 0 Å². The SMILES string of the molecule is CCCCCCCCCCCCCCCCCCCCCCCCCCCCCCCCCCCCC(O)CC(C)S(=O)(=O)O. The summed E-state index contributed by atoms with van der Waals surface area (Å²) in [5.41, 5.74) is 0. The summed E-state index contributed by atoms with van der Waals surface area (Å²) in [6.45, 7) is 3.75. The number of rotatable bonds is 38. The maximum Gasteiger partial charge on any atom is 0.267 e. The van der Waals surface area contributed by atoms with Gasteiger partial charge in [-0.05, 0) is 19.8 Å². The van der Waals surface area contributed by atoms with E-state index in [1.54, 1.807) is 0 Å². The van der Waals surface area contributed by atoms with Crippen LogP contribution in [0, 0.1) is 0 Å². The average Bonchev–Trinajstić information content (AvgIpc) is 3.00. The minimum Gasteiger partial charge on any atom is -0.393 e. The van der Waals surface area contributed by atoms with Gasteiger partial charge in [0.1, 0.15) is 0 Å². The van der Waals surface area contributed by atoms with Crippen LogP contribution in [0.2, 0.25) is 0 Å². The van der Waals surface area contributed by atoms with E-state index in [-0.39, 0.29) is 6.42 Å². The van der Waals surface area contributed by atoms with Gasteiger partial charge in [0.15, 0.2) is 0 Å². The van der Waals surface area contributed by atoms with Gasteiger partial charge in [-0.15, -0.1) is 0 Å². The molecule has 272 valence electrons. The number of hydrogen-bond donors (Lipinski definition) is 2. The summed E-state index contributed by atoms with van der Waals surface area (Å²) < 4.78 is 31.1. The largest absolute Gasteiger partial charge is 0.393 e. The molecule has 0 aliphatic heterocycles. The normalized spacial score (nSPS) is 13.4. The summed E-state index contributed by atoms with van der Waals surface area (Å²) >= 11 is 0. The lowest BCUT2D eigenvalue weighted by Crippen LogP contribution is -2.23. The van der Waals surface area contributed by atoms with Gasteiger partial charge in [0.05, 0.1) is 11.4 Å². The molecule has 0 saturated heterocycles. The molecule has 0 saturated carbocycles. The van der Waals surface area contributed by atoms with E-state index < -0.39 is 21.5 Å². The minimum absolute atomic E-state index is 0.123. The quantitative estimate of drug-likeness (QED) is 0.0511. The predicted molar refractivity (Wildman–Crippen MR) is 199 cm³/mol. The van der Waals surface area contributed by atoms with E-state index in [4.69, 9.17) is 4.55 Å². The highest BCUT2D eigenvalue weighted by atomic mass is 32.2. The molecule has 0 rings (SSSR count). The third-order valence-corrected chi connectivity index (χ3v) is 11.2. The first-order valence-electron chi connectivity index (χ1n) is 20.5. The summed E-state index contributed by atoms with van der Waals surface area (Å²) in [5.74, 6) is 0. The van der Waals surface area contributed by atoms with Crippen molar-refractivity contribution in [3.05, 3.63) is 0 Å². The molecule has 0 radical (unpaired) electrons. The highest BCUT2D eigenvalue weighted by Gasteiger charge is 2.20. The molecule has 0 heterocycles. The van der Waals surface area contributed by atoms with Crippen LogP contribution in [0.5, 0.6) is 0 Å². The van der Waals surface area contributed by atoms with Crippen LogP contribution in [0.1, 0.15) is 245 Å². The van der Waals surface area contributed by atoms with Gasteiger partial charge in [-0.2, -0.15) is 8.42 Å². The van der Waals surface area contributed by atoms with Crippen molar-refractivity contribution in [1.82, 2.24) is 0 Å². The lowest BCUT2D eigenvalue weighted by molar-refractivity contribution is 0.149. The lowest BCUT2D eigenvalue weighted by Gasteiger charge is -2.14. The highest BCUT2D eigenvalue weighted by Crippen LogP contribution is 2.18. The van der Waals surface area contributed by atoms with Crippen molar-refractivity contribution in [1.29, 1.82) is 0 Å². The lowest BCUT2D eigenvalue weighted by atomic mass is 10.0. The Kier molecular flexibility index (Phi) is 35.1. The molecule has 0 aromatic rings. The van der Waals surface area contributed by atoms with Gasteiger partial charge in [-0.25, -0.2) is 0 Å². The monoisotopic (exact) mass is 659 g/mol. The molecular weight excluding hydrogens is 577 g/mol. The van der Waals surface area contributed by atoms with E-state index in [0.29, 0.717) is 6.42 Å². The van der Waals surface area contributed by atoms with E-state index in [9.17, 15) is 13.5 Å². The fourth-order valence-electron chi connectivity index (χ4n) is 6.73. The molecule has 4 nitrogen and oxygen atoms in total. The third-order valence-electron chi connectivity index (χ3n) is 10.0. The number of aliphatic hydroxyl groups excluding tert-OH is 1. The van der Waals surface area contributed by atoms with Crippen LogP contribution in [0.25, 0.3) is 0 Å². The first kappa shape index (κ1) is 44.9. The molecule has 5 heteroatoms. The molecule has 0 aliphatic rings. The van der Waals surface area contributed by atoms with Crippen molar-refractivity contribution < 1.29 is 18.1 Å².